The molecule has 3 N–H and O–H groups in total. The molecule has 0 bridgehead atoms. The van der Waals surface area contributed by atoms with Gasteiger partial charge in [0.2, 0.25) is 5.88 Å². The molecule has 1 aliphatic rings. The van der Waals surface area contributed by atoms with Crippen LogP contribution in [0.1, 0.15) is 60.8 Å². The van der Waals surface area contributed by atoms with Gasteiger partial charge in [0.05, 0.1) is 12.2 Å². The second-order valence-electron chi connectivity index (χ2n) is 9.46. The number of rotatable bonds is 8. The largest absolute Gasteiger partial charge is 0.476 e. The summed E-state index contributed by atoms with van der Waals surface area (Å²) in [6.07, 6.45) is 3.51. The van der Waals surface area contributed by atoms with Gasteiger partial charge in [-0.05, 0) is 56.3 Å². The molecule has 0 aliphatic carbocycles. The fraction of sp³-hybridized carbons (Fsp3) is 0.440. The van der Waals surface area contributed by atoms with Crippen molar-refractivity contribution >= 4 is 27.6 Å². The van der Waals surface area contributed by atoms with E-state index in [-0.39, 0.29) is 39.7 Å². The third-order valence-electron chi connectivity index (χ3n) is 5.91. The first-order chi connectivity index (χ1) is 20.2. The van der Waals surface area contributed by atoms with Gasteiger partial charge in [-0.3, -0.25) is 4.79 Å². The zero-order valence-corrected chi connectivity index (χ0v) is 21.4. The molecule has 198 valence electrons. The molecule has 12 heteroatoms. The summed E-state index contributed by atoms with van der Waals surface area (Å²) >= 11 is 0. The Balaban J connectivity index is 1.68. The van der Waals surface area contributed by atoms with Crippen molar-refractivity contribution in [1.82, 2.24) is 24.5 Å². The van der Waals surface area contributed by atoms with E-state index < -0.39 is 47.7 Å². The Morgan fingerprint density at radius 1 is 1.35 bits per heavy atom. The predicted octanol–water partition coefficient (Wildman–Crippen LogP) is 3.02. The maximum atomic E-state index is 13.4. The van der Waals surface area contributed by atoms with Crippen LogP contribution in [-0.4, -0.2) is 52.8 Å². The summed E-state index contributed by atoms with van der Waals surface area (Å²) in [6.45, 7) is -0.791. The number of hydrogen-bond acceptors (Lipinski definition) is 9. The van der Waals surface area contributed by atoms with Crippen LogP contribution in [0.4, 0.5) is 11.6 Å². The molecule has 1 aliphatic heterocycles. The van der Waals surface area contributed by atoms with Gasteiger partial charge in [0.15, 0.2) is 5.82 Å². The van der Waals surface area contributed by atoms with E-state index in [9.17, 15) is 13.2 Å². The molecule has 0 aromatic carbocycles. The Morgan fingerprint density at radius 2 is 2.14 bits per heavy atom. The zero-order valence-electron chi connectivity index (χ0n) is 27.6. The summed E-state index contributed by atoms with van der Waals surface area (Å²) < 4.78 is 88.1. The van der Waals surface area contributed by atoms with Crippen molar-refractivity contribution < 1.29 is 27.5 Å². The second kappa shape index (κ2) is 10.0. The third kappa shape index (κ3) is 5.68. The maximum Gasteiger partial charge on any atom is 0.268 e. The zero-order chi connectivity index (χ0) is 32.9. The summed E-state index contributed by atoms with van der Waals surface area (Å²) in [6, 6.07) is 6.77. The molecule has 1 saturated heterocycles. The molecule has 11 nitrogen and oxygen atoms in total. The van der Waals surface area contributed by atoms with Crippen LogP contribution in [-0.2, 0) is 10.0 Å². The lowest BCUT2D eigenvalue weighted by Gasteiger charge is -2.34. The van der Waals surface area contributed by atoms with Crippen molar-refractivity contribution in [3.8, 4) is 11.7 Å². The minimum absolute atomic E-state index is 0.0278. The van der Waals surface area contributed by atoms with Crippen LogP contribution >= 0.6 is 0 Å². The number of amides is 1. The number of pyridine rings is 2. The molecule has 0 radical (unpaired) electrons. The SMILES string of the molecule is [2H]C([2H])([2H])C([2H])(COc1ccn(-c2ccc(C(=O)NS(=O)(=O)c3cccnc3N)c(N3C[C@@H](C)CC3(C)C)n2)n1)C([2H])([2H])[2H]. The molecular formula is C25H33N7O4S. The van der Waals surface area contributed by atoms with E-state index in [4.69, 9.17) is 20.1 Å². The van der Waals surface area contributed by atoms with Gasteiger partial charge in [0.1, 0.15) is 16.5 Å². The first kappa shape index (κ1) is 18.6. The van der Waals surface area contributed by atoms with Gasteiger partial charge in [-0.15, -0.1) is 5.10 Å². The summed E-state index contributed by atoms with van der Waals surface area (Å²) in [5, 5.41) is 4.20. The van der Waals surface area contributed by atoms with Crippen molar-refractivity contribution in [3.63, 3.8) is 0 Å². The van der Waals surface area contributed by atoms with Gasteiger partial charge in [0.25, 0.3) is 15.9 Å². The Bertz CT molecular complexity index is 1640. The minimum Gasteiger partial charge on any atom is -0.476 e. The average molecular weight is 535 g/mol. The Kier molecular flexibility index (Phi) is 5.02. The van der Waals surface area contributed by atoms with E-state index in [1.165, 1.54) is 47.4 Å². The summed E-state index contributed by atoms with van der Waals surface area (Å²) in [5.74, 6) is -3.65. The Hall–Kier alpha value is -3.67. The molecule has 1 atom stereocenters. The van der Waals surface area contributed by atoms with Crippen LogP contribution in [0.15, 0.2) is 47.6 Å². The highest BCUT2D eigenvalue weighted by atomic mass is 32.2. The van der Waals surface area contributed by atoms with Crippen molar-refractivity contribution in [2.45, 2.75) is 51.3 Å². The average Bonchev–Trinajstić information content (AvgIpc) is 3.48. The van der Waals surface area contributed by atoms with Gasteiger partial charge < -0.3 is 15.4 Å². The molecule has 0 spiro atoms. The van der Waals surface area contributed by atoms with E-state index in [1.54, 1.807) is 0 Å². The van der Waals surface area contributed by atoms with Crippen LogP contribution in [0, 0.1) is 11.8 Å². The molecule has 37 heavy (non-hydrogen) atoms. The van der Waals surface area contributed by atoms with E-state index in [0.717, 1.165) is 6.42 Å². The lowest BCUT2D eigenvalue weighted by molar-refractivity contribution is 0.0981. The quantitative estimate of drug-likeness (QED) is 0.445. The number of nitrogens with one attached hydrogen (secondary N) is 1. The van der Waals surface area contributed by atoms with Crippen LogP contribution in [0.5, 0.6) is 5.88 Å². The molecule has 4 heterocycles. The Morgan fingerprint density at radius 3 is 2.81 bits per heavy atom. The normalized spacial score (nSPS) is 21.0. The van der Waals surface area contributed by atoms with Gasteiger partial charge in [-0.25, -0.2) is 27.8 Å². The molecule has 3 aromatic rings. The molecule has 3 aromatic heterocycles. The van der Waals surface area contributed by atoms with Gasteiger partial charge in [0, 0.05) is 40.1 Å². The van der Waals surface area contributed by atoms with Crippen LogP contribution in [0.2, 0.25) is 0 Å². The number of ether oxygens (including phenoxy) is 1. The highest BCUT2D eigenvalue weighted by Gasteiger charge is 2.39. The summed E-state index contributed by atoms with van der Waals surface area (Å²) in [5.41, 5.74) is 5.25. The van der Waals surface area contributed by atoms with Crippen molar-refractivity contribution in [2.75, 3.05) is 23.8 Å². The van der Waals surface area contributed by atoms with Gasteiger partial charge in [-0.2, -0.15) is 0 Å². The third-order valence-corrected chi connectivity index (χ3v) is 7.29. The number of nitrogens with two attached hydrogens (primary N) is 1. The van der Waals surface area contributed by atoms with E-state index in [2.05, 4.69) is 15.1 Å². The number of sulfonamides is 1. The van der Waals surface area contributed by atoms with E-state index in [1.807, 2.05) is 30.4 Å². The molecule has 0 unspecified atom stereocenters. The number of nitrogens with zero attached hydrogens (tertiary/aromatic N) is 5. The topological polar surface area (TPSA) is 145 Å². The molecule has 4 rings (SSSR count). The smallest absolute Gasteiger partial charge is 0.268 e. The van der Waals surface area contributed by atoms with Gasteiger partial charge in [-0.1, -0.05) is 20.6 Å². The molecule has 1 amide bonds. The van der Waals surface area contributed by atoms with Crippen molar-refractivity contribution in [3.05, 3.63) is 48.3 Å². The van der Waals surface area contributed by atoms with Crippen LogP contribution in [0.3, 0.4) is 0 Å². The number of carbonyl (C=O) groups excluding carboxylic acids is 1. The lowest BCUT2D eigenvalue weighted by Crippen LogP contribution is -2.41. The number of hydrogen-bond donors (Lipinski definition) is 2. The predicted molar refractivity (Wildman–Crippen MR) is 140 cm³/mol. The number of nitrogen functional groups attached to an aromatic ring is 1. The number of anilines is 2. The fourth-order valence-corrected chi connectivity index (χ4v) is 5.48. The first-order valence-electron chi connectivity index (χ1n) is 14.9. The monoisotopic (exact) mass is 534 g/mol. The Labute approximate surface area is 226 Å². The second-order valence-corrected chi connectivity index (χ2v) is 11.1. The van der Waals surface area contributed by atoms with Crippen LogP contribution in [0.25, 0.3) is 5.82 Å². The first-order valence-corrected chi connectivity index (χ1v) is 12.9. The summed E-state index contributed by atoms with van der Waals surface area (Å²) in [4.78, 5) is 23.4. The van der Waals surface area contributed by atoms with Crippen molar-refractivity contribution in [2.24, 2.45) is 11.8 Å². The molecular weight excluding hydrogens is 494 g/mol. The molecule has 0 saturated carbocycles. The highest BCUT2D eigenvalue weighted by Crippen LogP contribution is 2.37. The van der Waals surface area contributed by atoms with Crippen molar-refractivity contribution in [1.29, 1.82) is 0 Å². The summed E-state index contributed by atoms with van der Waals surface area (Å²) in [7, 11) is -4.38. The number of carbonyl (C=O) groups is 1. The minimum atomic E-state index is -4.38. The maximum absolute atomic E-state index is 13.4. The highest BCUT2D eigenvalue weighted by molar-refractivity contribution is 7.90. The van der Waals surface area contributed by atoms with Crippen LogP contribution < -0.4 is 20.1 Å². The van der Waals surface area contributed by atoms with E-state index in [0.29, 0.717) is 6.54 Å². The lowest BCUT2D eigenvalue weighted by atomic mass is 9.97. The fourth-order valence-electron chi connectivity index (χ4n) is 4.43. The number of aromatic nitrogens is 4. The van der Waals surface area contributed by atoms with Gasteiger partial charge >= 0.3 is 0 Å². The van der Waals surface area contributed by atoms with E-state index >= 15 is 0 Å². The standard InChI is InChI=1S/C25H33N7O4S/c1-16(2)15-36-21-10-12-32(29-21)20-9-8-18(23(28-20)31-14-17(3)13-25(31,4)5)24(33)30-37(34,35)19-7-6-11-27-22(19)26/h6-12,16-17H,13-15H2,1-5H3,(H2,26,27)(H,30,33)/t17-/m0/s1/i1D3,2D3,16D. The molecule has 1 fully saturated rings.